The summed E-state index contributed by atoms with van der Waals surface area (Å²) in [5.41, 5.74) is 2.07. The molecule has 31 heavy (non-hydrogen) atoms. The first-order valence-electron chi connectivity index (χ1n) is 10.8. The molecule has 3 aromatic heterocycles. The number of aromatic nitrogens is 7. The number of anilines is 1. The highest BCUT2D eigenvalue weighted by molar-refractivity contribution is 5.31. The summed E-state index contributed by atoms with van der Waals surface area (Å²) in [6, 6.07) is 0.318. The molecule has 5 rings (SSSR count). The van der Waals surface area contributed by atoms with E-state index in [4.69, 9.17) is 0 Å². The number of hydrogen-bond acceptors (Lipinski definition) is 8. The highest BCUT2D eigenvalue weighted by atomic mass is 19.1. The lowest BCUT2D eigenvalue weighted by Crippen LogP contribution is -2.53. The van der Waals surface area contributed by atoms with Crippen LogP contribution >= 0.6 is 0 Å². The minimum atomic E-state index is -0.959. The summed E-state index contributed by atoms with van der Waals surface area (Å²) in [5, 5.41) is 4.05. The number of rotatable bonds is 7. The molecule has 1 saturated carbocycles. The molecule has 9 nitrogen and oxygen atoms in total. The van der Waals surface area contributed by atoms with Crippen LogP contribution in [0, 0.1) is 0 Å². The van der Waals surface area contributed by atoms with Gasteiger partial charge >= 0.3 is 0 Å². The largest absolute Gasteiger partial charge is 0.338 e. The highest BCUT2D eigenvalue weighted by Gasteiger charge is 2.40. The van der Waals surface area contributed by atoms with Gasteiger partial charge in [-0.2, -0.15) is 9.78 Å². The van der Waals surface area contributed by atoms with E-state index in [9.17, 15) is 0 Å². The van der Waals surface area contributed by atoms with Crippen LogP contribution in [0.15, 0.2) is 37.4 Å². The van der Waals surface area contributed by atoms with Crippen LogP contribution in [-0.4, -0.2) is 70.9 Å². The molecule has 2 atom stereocenters. The van der Waals surface area contributed by atoms with Crippen LogP contribution in [0.2, 0.25) is 0 Å². The molecule has 1 saturated heterocycles. The lowest BCUT2D eigenvalue weighted by Gasteiger charge is -2.41. The molecule has 0 N–H and O–H groups in total. The zero-order valence-electron chi connectivity index (χ0n) is 17.5. The number of hydrogen-bond donors (Lipinski definition) is 0. The fourth-order valence-electron chi connectivity index (χ4n) is 4.14. The van der Waals surface area contributed by atoms with Gasteiger partial charge in [-0.3, -0.25) is 4.90 Å². The molecular weight excluding hydrogens is 397 g/mol. The predicted octanol–water partition coefficient (Wildman–Crippen LogP) is 1.99. The van der Waals surface area contributed by atoms with Crippen LogP contribution in [0.4, 0.5) is 10.3 Å². The van der Waals surface area contributed by atoms with Gasteiger partial charge in [0, 0.05) is 55.5 Å². The molecule has 4 heterocycles. The first-order valence-corrected chi connectivity index (χ1v) is 10.8. The molecule has 3 aromatic rings. The molecule has 2 fully saturated rings. The van der Waals surface area contributed by atoms with E-state index in [0.29, 0.717) is 31.0 Å². The standard InChI is InChI=1S/C21H26FN9/c1-2-15-7-24-20(25-8-15)29-6-5-19(18(22)12-29)30(17-3-4-17)11-16-9-26-21(27-10-16)31-14-23-13-28-31/h7-10,13-14,17-19H,2-6,11-12H2,1H3. The average molecular weight is 424 g/mol. The van der Waals surface area contributed by atoms with Crippen LogP contribution < -0.4 is 4.90 Å². The Morgan fingerprint density at radius 2 is 1.71 bits per heavy atom. The van der Waals surface area contributed by atoms with Crippen LogP contribution in [0.1, 0.15) is 37.3 Å². The Morgan fingerprint density at radius 1 is 1.00 bits per heavy atom. The van der Waals surface area contributed by atoms with E-state index in [1.807, 2.05) is 17.3 Å². The van der Waals surface area contributed by atoms with Crippen LogP contribution in [0.5, 0.6) is 0 Å². The van der Waals surface area contributed by atoms with Crippen molar-refractivity contribution in [3.8, 4) is 5.95 Å². The first kappa shape index (κ1) is 19.9. The third kappa shape index (κ3) is 4.39. The normalized spacial score (nSPS) is 21.6. The minimum Gasteiger partial charge on any atom is -0.338 e. The molecule has 2 aliphatic rings. The second kappa shape index (κ2) is 8.62. The fraction of sp³-hybridized carbons (Fsp3) is 0.524. The summed E-state index contributed by atoms with van der Waals surface area (Å²) < 4.78 is 16.9. The molecular formula is C21H26FN9. The molecule has 2 unspecified atom stereocenters. The van der Waals surface area contributed by atoms with Crippen molar-refractivity contribution in [2.75, 3.05) is 18.0 Å². The summed E-state index contributed by atoms with van der Waals surface area (Å²) in [4.78, 5) is 25.8. The van der Waals surface area contributed by atoms with Crippen molar-refractivity contribution in [3.05, 3.63) is 48.6 Å². The summed E-state index contributed by atoms with van der Waals surface area (Å²) in [6.07, 6.45) is 13.2. The van der Waals surface area contributed by atoms with Gasteiger partial charge in [0.1, 0.15) is 18.8 Å². The summed E-state index contributed by atoms with van der Waals surface area (Å²) in [7, 11) is 0. The smallest absolute Gasteiger partial charge is 0.251 e. The second-order valence-electron chi connectivity index (χ2n) is 8.20. The number of piperidine rings is 1. The van der Waals surface area contributed by atoms with Gasteiger partial charge in [-0.05, 0) is 31.2 Å². The quantitative estimate of drug-likeness (QED) is 0.570. The molecule has 0 spiro atoms. The summed E-state index contributed by atoms with van der Waals surface area (Å²) >= 11 is 0. The highest BCUT2D eigenvalue weighted by Crippen LogP contribution is 2.34. The van der Waals surface area contributed by atoms with Crippen molar-refractivity contribution in [3.63, 3.8) is 0 Å². The Labute approximate surface area is 180 Å². The SMILES string of the molecule is CCc1cnc(N2CCC(N(Cc3cnc(-n4cncn4)nc3)C3CC3)C(F)C2)nc1. The van der Waals surface area contributed by atoms with Crippen molar-refractivity contribution in [2.24, 2.45) is 0 Å². The van der Waals surface area contributed by atoms with Gasteiger partial charge in [-0.25, -0.2) is 29.3 Å². The molecule has 1 aliphatic heterocycles. The van der Waals surface area contributed by atoms with Gasteiger partial charge in [-0.1, -0.05) is 6.92 Å². The van der Waals surface area contributed by atoms with Crippen molar-refractivity contribution in [2.45, 2.75) is 57.4 Å². The van der Waals surface area contributed by atoms with E-state index in [0.717, 1.165) is 43.4 Å². The lowest BCUT2D eigenvalue weighted by molar-refractivity contribution is 0.0790. The predicted molar refractivity (Wildman–Crippen MR) is 112 cm³/mol. The van der Waals surface area contributed by atoms with E-state index < -0.39 is 6.17 Å². The van der Waals surface area contributed by atoms with Gasteiger partial charge in [-0.15, -0.1) is 0 Å². The fourth-order valence-corrected chi connectivity index (χ4v) is 4.14. The third-order valence-electron chi connectivity index (χ3n) is 6.01. The molecule has 0 bridgehead atoms. The van der Waals surface area contributed by atoms with Crippen molar-refractivity contribution in [1.29, 1.82) is 0 Å². The first-order chi connectivity index (χ1) is 15.2. The maximum absolute atomic E-state index is 15.3. The number of aryl methyl sites for hydroxylation is 1. The monoisotopic (exact) mass is 423 g/mol. The van der Waals surface area contributed by atoms with Crippen LogP contribution in [0.25, 0.3) is 5.95 Å². The topological polar surface area (TPSA) is 88.8 Å². The number of halogens is 1. The maximum Gasteiger partial charge on any atom is 0.251 e. The molecule has 10 heteroatoms. The summed E-state index contributed by atoms with van der Waals surface area (Å²) in [6.45, 7) is 3.79. The van der Waals surface area contributed by atoms with Crippen molar-refractivity contribution >= 4 is 5.95 Å². The number of alkyl halides is 1. The van der Waals surface area contributed by atoms with Gasteiger partial charge in [0.15, 0.2) is 0 Å². The zero-order chi connectivity index (χ0) is 21.2. The van der Waals surface area contributed by atoms with E-state index in [2.05, 4.69) is 41.8 Å². The molecule has 0 radical (unpaired) electrons. The van der Waals surface area contributed by atoms with E-state index in [-0.39, 0.29) is 6.04 Å². The zero-order valence-corrected chi connectivity index (χ0v) is 17.5. The minimum absolute atomic E-state index is 0.117. The van der Waals surface area contributed by atoms with Gasteiger partial charge < -0.3 is 4.90 Å². The van der Waals surface area contributed by atoms with Crippen molar-refractivity contribution < 1.29 is 4.39 Å². The Balaban J connectivity index is 1.25. The Kier molecular flexibility index (Phi) is 5.54. The van der Waals surface area contributed by atoms with E-state index in [1.165, 1.54) is 11.0 Å². The average Bonchev–Trinajstić information content (AvgIpc) is 3.51. The molecule has 162 valence electrons. The van der Waals surface area contributed by atoms with E-state index >= 15 is 4.39 Å². The van der Waals surface area contributed by atoms with Crippen molar-refractivity contribution in [1.82, 2.24) is 39.6 Å². The lowest BCUT2D eigenvalue weighted by atomic mass is 10.0. The maximum atomic E-state index is 15.3. The van der Waals surface area contributed by atoms with E-state index in [1.54, 1.807) is 18.7 Å². The number of nitrogens with zero attached hydrogens (tertiary/aromatic N) is 9. The van der Waals surface area contributed by atoms with Crippen LogP contribution in [0.3, 0.4) is 0 Å². The van der Waals surface area contributed by atoms with Crippen LogP contribution in [-0.2, 0) is 13.0 Å². The Morgan fingerprint density at radius 3 is 2.32 bits per heavy atom. The van der Waals surface area contributed by atoms with Gasteiger partial charge in [0.25, 0.3) is 5.95 Å². The Bertz CT molecular complexity index is 973. The second-order valence-corrected chi connectivity index (χ2v) is 8.20. The third-order valence-corrected chi connectivity index (χ3v) is 6.01. The van der Waals surface area contributed by atoms with Gasteiger partial charge in [0.05, 0.1) is 6.54 Å². The summed E-state index contributed by atoms with van der Waals surface area (Å²) in [5.74, 6) is 1.10. The Hall–Kier alpha value is -3.01. The molecule has 1 aliphatic carbocycles. The van der Waals surface area contributed by atoms with Gasteiger partial charge in [0.2, 0.25) is 5.95 Å². The molecule has 0 aromatic carbocycles. The molecule has 0 amide bonds.